The molecule has 0 aliphatic rings. The number of carbonyl (C=O) groups is 1. The number of nitro benzene ring substituents is 1. The molecular weight excluding hydrogens is 399 g/mol. The first-order chi connectivity index (χ1) is 12.4. The number of hydrogen-bond acceptors (Lipinski definition) is 4. The zero-order valence-electron chi connectivity index (χ0n) is 13.3. The summed E-state index contributed by atoms with van der Waals surface area (Å²) >= 11 is 16.8. The maximum Gasteiger partial charge on any atom is 0.271 e. The van der Waals surface area contributed by atoms with Crippen LogP contribution in [0.1, 0.15) is 15.9 Å². The van der Waals surface area contributed by atoms with E-state index in [1.165, 1.54) is 12.1 Å². The Morgan fingerprint density at radius 3 is 2.42 bits per heavy atom. The van der Waals surface area contributed by atoms with Crippen LogP contribution in [0.25, 0.3) is 0 Å². The van der Waals surface area contributed by atoms with Crippen molar-refractivity contribution in [2.45, 2.75) is 6.42 Å². The molecule has 0 atom stereocenters. The lowest BCUT2D eigenvalue weighted by atomic mass is 10.1. The van der Waals surface area contributed by atoms with Crippen molar-refractivity contribution < 1.29 is 9.72 Å². The number of carbonyl (C=O) groups excluding carboxylic acids is 1. The number of non-ortho nitro benzene ring substituents is 1. The van der Waals surface area contributed by atoms with Crippen molar-refractivity contribution in [2.75, 3.05) is 6.54 Å². The third kappa shape index (κ3) is 5.83. The van der Waals surface area contributed by atoms with Crippen LogP contribution in [0.2, 0.25) is 10.0 Å². The van der Waals surface area contributed by atoms with Crippen molar-refractivity contribution in [3.8, 4) is 0 Å². The summed E-state index contributed by atoms with van der Waals surface area (Å²) in [4.78, 5) is 22.1. The van der Waals surface area contributed by atoms with Gasteiger partial charge in [-0.25, -0.2) is 0 Å². The molecule has 10 heteroatoms. The smallest absolute Gasteiger partial charge is 0.271 e. The number of thiocarbonyl (C=S) groups is 1. The number of hydrogen-bond donors (Lipinski definition) is 3. The van der Waals surface area contributed by atoms with Crippen LogP contribution in [0.5, 0.6) is 0 Å². The third-order valence-corrected chi connectivity index (χ3v) is 4.12. The second-order valence-electron chi connectivity index (χ2n) is 5.13. The first-order valence-electron chi connectivity index (χ1n) is 7.39. The van der Waals surface area contributed by atoms with Gasteiger partial charge in [-0.15, -0.1) is 0 Å². The molecule has 0 fully saturated rings. The van der Waals surface area contributed by atoms with Crippen LogP contribution >= 0.6 is 35.4 Å². The Morgan fingerprint density at radius 2 is 1.81 bits per heavy atom. The van der Waals surface area contributed by atoms with Crippen LogP contribution in [0.3, 0.4) is 0 Å². The number of nitrogens with zero attached hydrogens (tertiary/aromatic N) is 1. The number of hydrazine groups is 1. The monoisotopic (exact) mass is 412 g/mol. The van der Waals surface area contributed by atoms with Gasteiger partial charge < -0.3 is 5.32 Å². The highest BCUT2D eigenvalue weighted by molar-refractivity contribution is 7.80. The molecule has 3 N–H and O–H groups in total. The summed E-state index contributed by atoms with van der Waals surface area (Å²) in [5.41, 5.74) is 5.91. The molecule has 0 bridgehead atoms. The largest absolute Gasteiger partial charge is 0.361 e. The van der Waals surface area contributed by atoms with Crippen molar-refractivity contribution >= 4 is 52.1 Å². The van der Waals surface area contributed by atoms with E-state index in [-0.39, 0.29) is 21.4 Å². The summed E-state index contributed by atoms with van der Waals surface area (Å²) in [5.74, 6) is -0.563. The Morgan fingerprint density at radius 1 is 1.12 bits per heavy atom. The molecule has 0 aromatic heterocycles. The standard InChI is InChI=1S/C16H14Cl2N4O3S/c17-11-3-1-10(2-4-11)7-8-19-16(26)21-20-15(23)13-6-5-12(22(24)25)9-14(13)18/h1-6,9H,7-8H2,(H,20,23)(H2,19,21,26). The minimum atomic E-state index is -0.592. The SMILES string of the molecule is O=C(NNC(=S)NCCc1ccc(Cl)cc1)c1ccc([N+](=O)[O-])cc1Cl. The van der Waals surface area contributed by atoms with E-state index < -0.39 is 10.8 Å². The molecular formula is C16H14Cl2N4O3S. The number of nitro groups is 1. The molecule has 0 spiro atoms. The molecule has 0 unspecified atom stereocenters. The number of amides is 1. The lowest BCUT2D eigenvalue weighted by molar-refractivity contribution is -0.384. The van der Waals surface area contributed by atoms with Crippen LogP contribution in [0, 0.1) is 10.1 Å². The number of rotatable bonds is 5. The Labute approximate surface area is 164 Å². The summed E-state index contributed by atoms with van der Waals surface area (Å²) in [6, 6.07) is 11.0. The first kappa shape index (κ1) is 19.9. The van der Waals surface area contributed by atoms with Crippen LogP contribution < -0.4 is 16.2 Å². The Kier molecular flexibility index (Phi) is 7.14. The minimum absolute atomic E-state index is 0.0277. The minimum Gasteiger partial charge on any atom is -0.361 e. The molecule has 2 rings (SSSR count). The lowest BCUT2D eigenvalue weighted by Crippen LogP contribution is -2.47. The molecule has 26 heavy (non-hydrogen) atoms. The molecule has 136 valence electrons. The fraction of sp³-hybridized carbons (Fsp3) is 0.125. The summed E-state index contributed by atoms with van der Waals surface area (Å²) in [7, 11) is 0. The summed E-state index contributed by atoms with van der Waals surface area (Å²) in [6.45, 7) is 0.557. The molecule has 0 radical (unpaired) electrons. The van der Waals surface area contributed by atoms with Crippen LogP contribution in [-0.4, -0.2) is 22.5 Å². The van der Waals surface area contributed by atoms with Gasteiger partial charge in [0.25, 0.3) is 11.6 Å². The van der Waals surface area contributed by atoms with E-state index in [1.54, 1.807) is 0 Å². The van der Waals surface area contributed by atoms with Gasteiger partial charge in [-0.1, -0.05) is 35.3 Å². The predicted octanol–water partition coefficient (Wildman–Crippen LogP) is 3.25. The van der Waals surface area contributed by atoms with Gasteiger partial charge in [0.15, 0.2) is 5.11 Å². The molecule has 7 nitrogen and oxygen atoms in total. The average molecular weight is 413 g/mol. The van der Waals surface area contributed by atoms with E-state index in [0.717, 1.165) is 18.1 Å². The lowest BCUT2D eigenvalue weighted by Gasteiger charge is -2.12. The van der Waals surface area contributed by atoms with Crippen LogP contribution in [-0.2, 0) is 6.42 Å². The van der Waals surface area contributed by atoms with E-state index in [4.69, 9.17) is 35.4 Å². The van der Waals surface area contributed by atoms with Crippen molar-refractivity contribution in [1.29, 1.82) is 0 Å². The third-order valence-electron chi connectivity index (χ3n) is 3.31. The van der Waals surface area contributed by atoms with E-state index in [0.29, 0.717) is 11.6 Å². The maximum absolute atomic E-state index is 12.1. The Hall–Kier alpha value is -2.42. The van der Waals surface area contributed by atoms with Crippen molar-refractivity contribution in [3.63, 3.8) is 0 Å². The van der Waals surface area contributed by atoms with E-state index >= 15 is 0 Å². The van der Waals surface area contributed by atoms with Gasteiger partial charge in [0.1, 0.15) is 0 Å². The molecule has 0 aliphatic carbocycles. The second-order valence-corrected chi connectivity index (χ2v) is 6.38. The van der Waals surface area contributed by atoms with Gasteiger partial charge in [-0.05, 0) is 42.4 Å². The Bertz CT molecular complexity index is 831. The zero-order valence-corrected chi connectivity index (χ0v) is 15.6. The Balaban J connectivity index is 1.78. The predicted molar refractivity (Wildman–Crippen MR) is 104 cm³/mol. The molecule has 0 saturated heterocycles. The van der Waals surface area contributed by atoms with Crippen LogP contribution in [0.4, 0.5) is 5.69 Å². The number of benzene rings is 2. The van der Waals surface area contributed by atoms with Crippen LogP contribution in [0.15, 0.2) is 42.5 Å². The highest BCUT2D eigenvalue weighted by Gasteiger charge is 2.14. The second kappa shape index (κ2) is 9.33. The molecule has 2 aromatic carbocycles. The van der Waals surface area contributed by atoms with Crippen molar-refractivity contribution in [2.24, 2.45) is 0 Å². The highest BCUT2D eigenvalue weighted by Crippen LogP contribution is 2.22. The summed E-state index contributed by atoms with van der Waals surface area (Å²) in [5, 5.41) is 14.5. The highest BCUT2D eigenvalue weighted by atomic mass is 35.5. The fourth-order valence-electron chi connectivity index (χ4n) is 2.00. The summed E-state index contributed by atoms with van der Waals surface area (Å²) < 4.78 is 0. The molecule has 0 aliphatic heterocycles. The molecule has 0 heterocycles. The summed E-state index contributed by atoms with van der Waals surface area (Å²) in [6.07, 6.45) is 0.723. The van der Waals surface area contributed by atoms with E-state index in [9.17, 15) is 14.9 Å². The quantitative estimate of drug-likeness (QED) is 0.396. The number of halogens is 2. The normalized spacial score (nSPS) is 10.1. The van der Waals surface area contributed by atoms with Gasteiger partial charge in [-0.3, -0.25) is 25.8 Å². The van der Waals surface area contributed by atoms with Gasteiger partial charge in [0.05, 0.1) is 15.5 Å². The van der Waals surface area contributed by atoms with Gasteiger partial charge in [0.2, 0.25) is 0 Å². The fourth-order valence-corrected chi connectivity index (χ4v) is 2.54. The molecule has 0 saturated carbocycles. The molecule has 1 amide bonds. The van der Waals surface area contributed by atoms with Gasteiger partial charge in [0, 0.05) is 23.7 Å². The first-order valence-corrected chi connectivity index (χ1v) is 8.56. The zero-order chi connectivity index (χ0) is 19.1. The van der Waals surface area contributed by atoms with E-state index in [2.05, 4.69) is 16.2 Å². The average Bonchev–Trinajstić information content (AvgIpc) is 2.61. The van der Waals surface area contributed by atoms with Gasteiger partial charge in [-0.2, -0.15) is 0 Å². The van der Waals surface area contributed by atoms with Crippen molar-refractivity contribution in [1.82, 2.24) is 16.2 Å². The molecule has 2 aromatic rings. The maximum atomic E-state index is 12.1. The van der Waals surface area contributed by atoms with E-state index in [1.807, 2.05) is 24.3 Å². The van der Waals surface area contributed by atoms with Crippen molar-refractivity contribution in [3.05, 3.63) is 73.8 Å². The van der Waals surface area contributed by atoms with Gasteiger partial charge >= 0.3 is 0 Å². The number of nitrogens with one attached hydrogen (secondary N) is 3. The topological polar surface area (TPSA) is 96.3 Å².